The predicted molar refractivity (Wildman–Crippen MR) is 65.4 cm³/mol. The van der Waals surface area contributed by atoms with Crippen LogP contribution in [-0.2, 0) is 0 Å². The molecule has 0 spiro atoms. The number of pyridine rings is 1. The SMILES string of the molecule is CN(C)CCCN(C)c1ncccc1C#N. The minimum atomic E-state index is 0.634. The van der Waals surface area contributed by atoms with E-state index in [-0.39, 0.29) is 0 Å². The molecule has 86 valence electrons. The van der Waals surface area contributed by atoms with Gasteiger partial charge < -0.3 is 9.80 Å². The Labute approximate surface area is 97.1 Å². The van der Waals surface area contributed by atoms with Crippen LogP contribution in [0.1, 0.15) is 12.0 Å². The molecule has 0 atom stereocenters. The summed E-state index contributed by atoms with van der Waals surface area (Å²) in [5, 5.41) is 8.96. The molecular formula is C12H18N4. The summed E-state index contributed by atoms with van der Waals surface area (Å²) >= 11 is 0. The number of anilines is 1. The average Bonchev–Trinajstić information content (AvgIpc) is 2.28. The molecular weight excluding hydrogens is 200 g/mol. The highest BCUT2D eigenvalue weighted by Gasteiger charge is 2.07. The van der Waals surface area contributed by atoms with Crippen molar-refractivity contribution in [2.24, 2.45) is 0 Å². The summed E-state index contributed by atoms with van der Waals surface area (Å²) in [6.07, 6.45) is 2.78. The number of nitriles is 1. The van der Waals surface area contributed by atoms with Gasteiger partial charge in [-0.3, -0.25) is 0 Å². The minimum absolute atomic E-state index is 0.634. The highest BCUT2D eigenvalue weighted by Crippen LogP contribution is 2.14. The van der Waals surface area contributed by atoms with Crippen molar-refractivity contribution in [1.29, 1.82) is 5.26 Å². The third-order valence-corrected chi connectivity index (χ3v) is 2.37. The van der Waals surface area contributed by atoms with Crippen LogP contribution in [0, 0.1) is 11.3 Å². The largest absolute Gasteiger partial charge is 0.359 e. The summed E-state index contributed by atoms with van der Waals surface area (Å²) in [4.78, 5) is 8.42. The second-order valence-corrected chi connectivity index (χ2v) is 4.06. The standard InChI is InChI=1S/C12H18N4/c1-15(2)8-5-9-16(3)12-11(10-13)6-4-7-14-12/h4,6-7H,5,8-9H2,1-3H3. The summed E-state index contributed by atoms with van der Waals surface area (Å²) in [5.41, 5.74) is 0.634. The topological polar surface area (TPSA) is 43.2 Å². The molecule has 0 amide bonds. The third kappa shape index (κ3) is 3.52. The molecule has 0 unspecified atom stereocenters. The lowest BCUT2D eigenvalue weighted by Gasteiger charge is -2.20. The van der Waals surface area contributed by atoms with Gasteiger partial charge in [-0.2, -0.15) is 5.26 Å². The van der Waals surface area contributed by atoms with Crippen molar-refractivity contribution in [2.75, 3.05) is 39.1 Å². The van der Waals surface area contributed by atoms with Crippen molar-refractivity contribution in [1.82, 2.24) is 9.88 Å². The molecule has 0 aliphatic carbocycles. The lowest BCUT2D eigenvalue weighted by molar-refractivity contribution is 0.401. The molecule has 0 saturated heterocycles. The zero-order valence-corrected chi connectivity index (χ0v) is 10.1. The van der Waals surface area contributed by atoms with Gasteiger partial charge in [0.15, 0.2) is 0 Å². The van der Waals surface area contributed by atoms with Crippen LogP contribution >= 0.6 is 0 Å². The zero-order chi connectivity index (χ0) is 12.0. The van der Waals surface area contributed by atoms with Crippen LogP contribution in [-0.4, -0.2) is 44.1 Å². The number of hydrogen-bond acceptors (Lipinski definition) is 4. The van der Waals surface area contributed by atoms with Crippen molar-refractivity contribution in [3.05, 3.63) is 23.9 Å². The quantitative estimate of drug-likeness (QED) is 0.748. The highest BCUT2D eigenvalue weighted by atomic mass is 15.2. The van der Waals surface area contributed by atoms with Crippen LogP contribution in [0.5, 0.6) is 0 Å². The van der Waals surface area contributed by atoms with Gasteiger partial charge in [-0.15, -0.1) is 0 Å². The van der Waals surface area contributed by atoms with Crippen molar-refractivity contribution >= 4 is 5.82 Å². The van der Waals surface area contributed by atoms with E-state index in [1.165, 1.54) is 0 Å². The highest BCUT2D eigenvalue weighted by molar-refractivity contribution is 5.52. The van der Waals surface area contributed by atoms with Gasteiger partial charge in [-0.1, -0.05) is 0 Å². The van der Waals surface area contributed by atoms with Crippen molar-refractivity contribution in [3.63, 3.8) is 0 Å². The van der Waals surface area contributed by atoms with E-state index in [1.54, 1.807) is 18.3 Å². The van der Waals surface area contributed by atoms with Crippen LogP contribution in [0.25, 0.3) is 0 Å². The van der Waals surface area contributed by atoms with Gasteiger partial charge in [0.05, 0.1) is 5.56 Å². The van der Waals surface area contributed by atoms with Crippen molar-refractivity contribution < 1.29 is 0 Å². The normalized spacial score (nSPS) is 10.2. The summed E-state index contributed by atoms with van der Waals surface area (Å²) in [5.74, 6) is 0.767. The predicted octanol–water partition coefficient (Wildman–Crippen LogP) is 1.34. The first-order chi connectivity index (χ1) is 7.65. The zero-order valence-electron chi connectivity index (χ0n) is 10.1. The van der Waals surface area contributed by atoms with E-state index in [0.717, 1.165) is 25.3 Å². The molecule has 1 heterocycles. The fourth-order valence-corrected chi connectivity index (χ4v) is 1.52. The monoisotopic (exact) mass is 218 g/mol. The fraction of sp³-hybridized carbons (Fsp3) is 0.500. The first kappa shape index (κ1) is 12.5. The van der Waals surface area contributed by atoms with Crippen LogP contribution in [0.2, 0.25) is 0 Å². The van der Waals surface area contributed by atoms with Crippen molar-refractivity contribution in [2.45, 2.75) is 6.42 Å². The van der Waals surface area contributed by atoms with E-state index in [9.17, 15) is 0 Å². The van der Waals surface area contributed by atoms with Gasteiger partial charge in [0.2, 0.25) is 0 Å². The second-order valence-electron chi connectivity index (χ2n) is 4.06. The number of nitrogens with zero attached hydrogens (tertiary/aromatic N) is 4. The van der Waals surface area contributed by atoms with Gasteiger partial charge >= 0.3 is 0 Å². The second kappa shape index (κ2) is 6.09. The maximum absolute atomic E-state index is 8.96. The van der Waals surface area contributed by atoms with E-state index in [4.69, 9.17) is 5.26 Å². The Hall–Kier alpha value is -1.60. The van der Waals surface area contributed by atoms with E-state index < -0.39 is 0 Å². The molecule has 0 N–H and O–H groups in total. The third-order valence-electron chi connectivity index (χ3n) is 2.37. The van der Waals surface area contributed by atoms with Gasteiger partial charge in [0.25, 0.3) is 0 Å². The Balaban J connectivity index is 2.59. The summed E-state index contributed by atoms with van der Waals surface area (Å²) in [6, 6.07) is 5.74. The molecule has 0 radical (unpaired) electrons. The Morgan fingerprint density at radius 2 is 2.06 bits per heavy atom. The molecule has 0 bridgehead atoms. The molecule has 0 fully saturated rings. The fourth-order valence-electron chi connectivity index (χ4n) is 1.52. The molecule has 0 aliphatic heterocycles. The smallest absolute Gasteiger partial charge is 0.146 e. The molecule has 0 aromatic carbocycles. The minimum Gasteiger partial charge on any atom is -0.359 e. The molecule has 4 heteroatoms. The Morgan fingerprint density at radius 3 is 2.69 bits per heavy atom. The number of hydrogen-bond donors (Lipinski definition) is 0. The average molecular weight is 218 g/mol. The first-order valence-electron chi connectivity index (χ1n) is 5.36. The van der Waals surface area contributed by atoms with Crippen LogP contribution in [0.3, 0.4) is 0 Å². The van der Waals surface area contributed by atoms with Crippen LogP contribution in [0.4, 0.5) is 5.82 Å². The molecule has 1 aromatic rings. The Bertz CT molecular complexity index is 368. The molecule has 1 aromatic heterocycles. The van der Waals surface area contributed by atoms with Crippen LogP contribution < -0.4 is 4.90 Å². The van der Waals surface area contributed by atoms with Gasteiger partial charge in [-0.25, -0.2) is 4.98 Å². The van der Waals surface area contributed by atoms with E-state index in [1.807, 2.05) is 11.9 Å². The maximum atomic E-state index is 8.96. The molecule has 16 heavy (non-hydrogen) atoms. The molecule has 0 aliphatic rings. The lowest BCUT2D eigenvalue weighted by Crippen LogP contribution is -2.24. The first-order valence-corrected chi connectivity index (χ1v) is 5.36. The maximum Gasteiger partial charge on any atom is 0.146 e. The molecule has 1 rings (SSSR count). The van der Waals surface area contributed by atoms with E-state index >= 15 is 0 Å². The lowest BCUT2D eigenvalue weighted by atomic mass is 10.2. The Kier molecular flexibility index (Phi) is 4.74. The van der Waals surface area contributed by atoms with Crippen LogP contribution in [0.15, 0.2) is 18.3 Å². The number of rotatable bonds is 5. The van der Waals surface area contributed by atoms with E-state index in [0.29, 0.717) is 5.56 Å². The number of aromatic nitrogens is 1. The summed E-state index contributed by atoms with van der Waals surface area (Å²) < 4.78 is 0. The van der Waals surface area contributed by atoms with Gasteiger partial charge in [-0.05, 0) is 39.2 Å². The van der Waals surface area contributed by atoms with Crippen molar-refractivity contribution in [3.8, 4) is 6.07 Å². The summed E-state index contributed by atoms with van der Waals surface area (Å²) in [6.45, 7) is 1.95. The Morgan fingerprint density at radius 1 is 1.31 bits per heavy atom. The van der Waals surface area contributed by atoms with Gasteiger partial charge in [0.1, 0.15) is 11.9 Å². The van der Waals surface area contributed by atoms with E-state index in [2.05, 4.69) is 30.0 Å². The summed E-state index contributed by atoms with van der Waals surface area (Å²) in [7, 11) is 6.09. The molecule has 0 saturated carbocycles. The molecule has 4 nitrogen and oxygen atoms in total. The van der Waals surface area contributed by atoms with Gasteiger partial charge in [0, 0.05) is 19.8 Å².